The van der Waals surface area contributed by atoms with Gasteiger partial charge in [0.15, 0.2) is 0 Å². The van der Waals surface area contributed by atoms with E-state index in [0.29, 0.717) is 6.54 Å². The number of ether oxygens (including phenoxy) is 1. The highest BCUT2D eigenvalue weighted by Crippen LogP contribution is 2.28. The topological polar surface area (TPSA) is 54.4 Å². The van der Waals surface area contributed by atoms with Gasteiger partial charge in [0.2, 0.25) is 0 Å². The molecule has 18 heavy (non-hydrogen) atoms. The second-order valence-electron chi connectivity index (χ2n) is 4.38. The minimum absolute atomic E-state index is 0.168. The number of aliphatic hydroxyl groups is 1. The van der Waals surface area contributed by atoms with E-state index < -0.39 is 0 Å². The first-order valence-electron chi connectivity index (χ1n) is 6.02. The van der Waals surface area contributed by atoms with Crippen molar-refractivity contribution in [2.24, 2.45) is 5.92 Å². The third-order valence-electron chi connectivity index (χ3n) is 2.92. The van der Waals surface area contributed by atoms with Crippen LogP contribution >= 0.6 is 0 Å². The molecular weight excluding hydrogens is 228 g/mol. The van der Waals surface area contributed by atoms with Crippen molar-refractivity contribution < 1.29 is 9.84 Å². The summed E-state index contributed by atoms with van der Waals surface area (Å²) in [5.41, 5.74) is 0. The van der Waals surface area contributed by atoms with Gasteiger partial charge in [0.05, 0.1) is 7.11 Å². The highest BCUT2D eigenvalue weighted by Gasteiger charge is 2.07. The van der Waals surface area contributed by atoms with Gasteiger partial charge in [-0.25, -0.2) is 4.98 Å². The minimum atomic E-state index is 0.168. The summed E-state index contributed by atoms with van der Waals surface area (Å²) in [6, 6.07) is 7.83. The van der Waals surface area contributed by atoms with Crippen LogP contribution in [0.1, 0.15) is 6.92 Å². The Morgan fingerprint density at radius 2 is 2.17 bits per heavy atom. The van der Waals surface area contributed by atoms with Crippen molar-refractivity contribution in [2.75, 3.05) is 25.6 Å². The molecule has 0 aliphatic rings. The third-order valence-corrected chi connectivity index (χ3v) is 2.92. The van der Waals surface area contributed by atoms with Crippen LogP contribution in [0.15, 0.2) is 30.5 Å². The molecule has 0 saturated carbocycles. The van der Waals surface area contributed by atoms with Crippen LogP contribution in [0.5, 0.6) is 5.75 Å². The fourth-order valence-corrected chi connectivity index (χ4v) is 1.83. The highest BCUT2D eigenvalue weighted by atomic mass is 16.5. The summed E-state index contributed by atoms with van der Waals surface area (Å²) in [6.45, 7) is 2.85. The van der Waals surface area contributed by atoms with Gasteiger partial charge in [0.25, 0.3) is 0 Å². The number of aromatic nitrogens is 1. The lowest BCUT2D eigenvalue weighted by molar-refractivity contribution is 0.244. The van der Waals surface area contributed by atoms with Gasteiger partial charge in [-0.3, -0.25) is 0 Å². The van der Waals surface area contributed by atoms with Crippen LogP contribution < -0.4 is 10.1 Å². The minimum Gasteiger partial charge on any atom is -0.496 e. The molecule has 0 radical (unpaired) electrons. The van der Waals surface area contributed by atoms with E-state index >= 15 is 0 Å². The predicted octanol–water partition coefficient (Wildman–Crippen LogP) is 2.28. The molecule has 0 spiro atoms. The number of fused-ring (bicyclic) bond motifs is 1. The van der Waals surface area contributed by atoms with Crippen LogP contribution in [0.4, 0.5) is 5.82 Å². The SMILES string of the molecule is COc1cccc2c(NCC(C)CO)nccc12. The predicted molar refractivity (Wildman–Crippen MR) is 73.0 cm³/mol. The van der Waals surface area contributed by atoms with Gasteiger partial charge in [-0.05, 0) is 18.1 Å². The van der Waals surface area contributed by atoms with Gasteiger partial charge >= 0.3 is 0 Å². The fourth-order valence-electron chi connectivity index (χ4n) is 1.83. The number of methoxy groups -OCH3 is 1. The zero-order valence-corrected chi connectivity index (χ0v) is 10.7. The number of nitrogens with one attached hydrogen (secondary N) is 1. The Hall–Kier alpha value is -1.81. The molecule has 1 heterocycles. The molecule has 0 aliphatic carbocycles. The summed E-state index contributed by atoms with van der Waals surface area (Å²) in [5, 5.41) is 14.4. The summed E-state index contributed by atoms with van der Waals surface area (Å²) in [5.74, 6) is 1.87. The van der Waals surface area contributed by atoms with Crippen molar-refractivity contribution in [3.63, 3.8) is 0 Å². The van der Waals surface area contributed by atoms with Crippen molar-refractivity contribution in [2.45, 2.75) is 6.92 Å². The lowest BCUT2D eigenvalue weighted by atomic mass is 10.1. The lowest BCUT2D eigenvalue weighted by Gasteiger charge is -2.13. The number of benzene rings is 1. The molecule has 4 heteroatoms. The molecule has 1 atom stereocenters. The van der Waals surface area contributed by atoms with Gasteiger partial charge in [-0.2, -0.15) is 0 Å². The Balaban J connectivity index is 2.34. The van der Waals surface area contributed by atoms with E-state index in [4.69, 9.17) is 9.84 Å². The lowest BCUT2D eigenvalue weighted by Crippen LogP contribution is -2.15. The molecule has 4 nitrogen and oxygen atoms in total. The number of aliphatic hydroxyl groups excluding tert-OH is 1. The Morgan fingerprint density at radius 1 is 1.33 bits per heavy atom. The Kier molecular flexibility index (Phi) is 3.99. The first-order valence-corrected chi connectivity index (χ1v) is 6.02. The molecule has 96 valence electrons. The van der Waals surface area contributed by atoms with E-state index in [1.807, 2.05) is 31.2 Å². The number of hydrogen-bond acceptors (Lipinski definition) is 4. The van der Waals surface area contributed by atoms with E-state index in [-0.39, 0.29) is 12.5 Å². The molecular formula is C14H18N2O2. The smallest absolute Gasteiger partial charge is 0.133 e. The number of pyridine rings is 1. The molecule has 0 aliphatic heterocycles. The number of hydrogen-bond donors (Lipinski definition) is 2. The molecule has 1 aromatic carbocycles. The average Bonchev–Trinajstić information content (AvgIpc) is 2.43. The summed E-state index contributed by atoms with van der Waals surface area (Å²) in [7, 11) is 1.66. The Labute approximate surface area is 107 Å². The molecule has 0 fully saturated rings. The summed E-state index contributed by atoms with van der Waals surface area (Å²) in [6.07, 6.45) is 1.76. The maximum atomic E-state index is 9.03. The second-order valence-corrected chi connectivity index (χ2v) is 4.38. The first-order chi connectivity index (χ1) is 8.76. The molecule has 0 bridgehead atoms. The van der Waals surface area contributed by atoms with Gasteiger partial charge in [-0.1, -0.05) is 19.1 Å². The van der Waals surface area contributed by atoms with E-state index in [9.17, 15) is 0 Å². The van der Waals surface area contributed by atoms with E-state index in [1.54, 1.807) is 13.3 Å². The van der Waals surface area contributed by atoms with Gasteiger partial charge in [-0.15, -0.1) is 0 Å². The van der Waals surface area contributed by atoms with Crippen molar-refractivity contribution >= 4 is 16.6 Å². The molecule has 1 unspecified atom stereocenters. The van der Waals surface area contributed by atoms with Gasteiger partial charge in [0.1, 0.15) is 11.6 Å². The van der Waals surface area contributed by atoms with Crippen LogP contribution in [-0.2, 0) is 0 Å². The van der Waals surface area contributed by atoms with E-state index in [2.05, 4.69) is 10.3 Å². The van der Waals surface area contributed by atoms with Crippen LogP contribution in [0.3, 0.4) is 0 Å². The van der Waals surface area contributed by atoms with Crippen LogP contribution in [0.25, 0.3) is 10.8 Å². The van der Waals surface area contributed by atoms with Crippen molar-refractivity contribution in [3.05, 3.63) is 30.5 Å². The zero-order chi connectivity index (χ0) is 13.0. The quantitative estimate of drug-likeness (QED) is 0.850. The maximum absolute atomic E-state index is 9.03. The standard InChI is InChI=1S/C14H18N2O2/c1-10(9-17)8-16-14-12-4-3-5-13(18-2)11(12)6-7-15-14/h3-7,10,17H,8-9H2,1-2H3,(H,15,16). The van der Waals surface area contributed by atoms with Crippen LogP contribution in [0, 0.1) is 5.92 Å². The van der Waals surface area contributed by atoms with Gasteiger partial charge in [0, 0.05) is 30.1 Å². The van der Waals surface area contributed by atoms with Crippen molar-refractivity contribution in [1.29, 1.82) is 0 Å². The fraction of sp³-hybridized carbons (Fsp3) is 0.357. The average molecular weight is 246 g/mol. The van der Waals surface area contributed by atoms with Crippen molar-refractivity contribution in [1.82, 2.24) is 4.98 Å². The normalized spacial score (nSPS) is 12.4. The number of nitrogens with zero attached hydrogens (tertiary/aromatic N) is 1. The van der Waals surface area contributed by atoms with Gasteiger partial charge < -0.3 is 15.2 Å². The molecule has 0 saturated heterocycles. The molecule has 1 aromatic heterocycles. The van der Waals surface area contributed by atoms with E-state index in [0.717, 1.165) is 22.3 Å². The van der Waals surface area contributed by atoms with E-state index in [1.165, 1.54) is 0 Å². The first kappa shape index (κ1) is 12.6. The molecule has 2 rings (SSSR count). The van der Waals surface area contributed by atoms with Crippen LogP contribution in [0.2, 0.25) is 0 Å². The largest absolute Gasteiger partial charge is 0.496 e. The molecule has 0 amide bonds. The maximum Gasteiger partial charge on any atom is 0.133 e. The number of anilines is 1. The second kappa shape index (κ2) is 5.69. The molecule has 2 aromatic rings. The third kappa shape index (κ3) is 2.54. The Morgan fingerprint density at radius 3 is 2.89 bits per heavy atom. The summed E-state index contributed by atoms with van der Waals surface area (Å²) in [4.78, 5) is 4.34. The monoisotopic (exact) mass is 246 g/mol. The molecule has 2 N–H and O–H groups in total. The Bertz CT molecular complexity index is 528. The summed E-state index contributed by atoms with van der Waals surface area (Å²) >= 11 is 0. The zero-order valence-electron chi connectivity index (χ0n) is 10.7. The number of rotatable bonds is 5. The summed E-state index contributed by atoms with van der Waals surface area (Å²) < 4.78 is 5.33. The van der Waals surface area contributed by atoms with Crippen molar-refractivity contribution in [3.8, 4) is 5.75 Å². The van der Waals surface area contributed by atoms with Crippen LogP contribution in [-0.4, -0.2) is 30.4 Å². The highest BCUT2D eigenvalue weighted by molar-refractivity contribution is 5.95.